The topological polar surface area (TPSA) is 55.1 Å². The molecule has 0 fully saturated rings. The van der Waals surface area contributed by atoms with Crippen molar-refractivity contribution in [2.24, 2.45) is 5.73 Å². The summed E-state index contributed by atoms with van der Waals surface area (Å²) in [5.41, 5.74) is 8.91. The van der Waals surface area contributed by atoms with E-state index in [2.05, 4.69) is 5.32 Å². The third kappa shape index (κ3) is 4.52. The van der Waals surface area contributed by atoms with Crippen LogP contribution in [0.4, 0.5) is 0 Å². The zero-order valence-electron chi connectivity index (χ0n) is 12.1. The number of carbonyl (C=O) groups excluding carboxylic acids is 1. The van der Waals surface area contributed by atoms with Gasteiger partial charge in [0.2, 0.25) is 5.91 Å². The molecule has 0 bridgehead atoms. The summed E-state index contributed by atoms with van der Waals surface area (Å²) >= 11 is 0. The van der Waals surface area contributed by atoms with Gasteiger partial charge in [0.05, 0.1) is 0 Å². The maximum atomic E-state index is 12.2. The zero-order valence-corrected chi connectivity index (χ0v) is 12.1. The molecule has 3 N–H and O–H groups in total. The van der Waals surface area contributed by atoms with Crippen LogP contribution in [0.1, 0.15) is 39.2 Å². The molecule has 1 amide bonds. The smallest absolute Gasteiger partial charge is 0.247 e. The Bertz CT molecular complexity index is 435. The molecule has 0 radical (unpaired) electrons. The van der Waals surface area contributed by atoms with E-state index in [4.69, 9.17) is 5.73 Å². The van der Waals surface area contributed by atoms with E-state index in [0.717, 1.165) is 23.1 Å². The molecule has 0 aromatic heterocycles. The Hall–Kier alpha value is -1.61. The summed E-state index contributed by atoms with van der Waals surface area (Å²) in [4.78, 5) is 12.2. The van der Waals surface area contributed by atoms with Crippen LogP contribution in [0, 0.1) is 0 Å². The lowest BCUT2D eigenvalue weighted by atomic mass is 9.97. The molecule has 19 heavy (non-hydrogen) atoms. The van der Waals surface area contributed by atoms with Crippen LogP contribution in [-0.2, 0) is 11.3 Å². The van der Waals surface area contributed by atoms with Gasteiger partial charge < -0.3 is 11.1 Å². The Balaban J connectivity index is 2.75. The molecule has 0 spiro atoms. The molecule has 1 unspecified atom stereocenters. The molecule has 0 aliphatic carbocycles. The van der Waals surface area contributed by atoms with Crippen molar-refractivity contribution in [2.75, 3.05) is 0 Å². The Kier molecular flexibility index (Phi) is 6.30. The normalized spacial score (nSPS) is 13.7. The molecule has 0 saturated carbocycles. The first-order chi connectivity index (χ1) is 9.10. The number of nitrogens with one attached hydrogen (secondary N) is 1. The van der Waals surface area contributed by atoms with Gasteiger partial charge in [-0.1, -0.05) is 44.2 Å². The van der Waals surface area contributed by atoms with Crippen LogP contribution < -0.4 is 11.1 Å². The minimum atomic E-state index is -0.0672. The van der Waals surface area contributed by atoms with Gasteiger partial charge in [-0.3, -0.25) is 4.79 Å². The molecular formula is C16H24N2O. The summed E-state index contributed by atoms with van der Waals surface area (Å²) in [6, 6.07) is 9.84. The number of carbonyl (C=O) groups is 1. The molecule has 1 rings (SSSR count). The predicted octanol–water partition coefficient (Wildman–Crippen LogP) is 2.77. The molecule has 104 valence electrons. The third-order valence-corrected chi connectivity index (χ3v) is 3.24. The quantitative estimate of drug-likeness (QED) is 0.773. The second-order valence-electron chi connectivity index (χ2n) is 4.67. The van der Waals surface area contributed by atoms with Gasteiger partial charge in [0.25, 0.3) is 0 Å². The van der Waals surface area contributed by atoms with E-state index in [1.165, 1.54) is 0 Å². The highest BCUT2D eigenvalue weighted by molar-refractivity contribution is 5.94. The van der Waals surface area contributed by atoms with E-state index in [1.54, 1.807) is 0 Å². The minimum Gasteiger partial charge on any atom is -0.348 e. The third-order valence-electron chi connectivity index (χ3n) is 3.24. The Labute approximate surface area is 115 Å². The second kappa shape index (κ2) is 7.74. The number of nitrogens with two attached hydrogens (primary N) is 1. The van der Waals surface area contributed by atoms with Gasteiger partial charge in [0.1, 0.15) is 0 Å². The van der Waals surface area contributed by atoms with E-state index < -0.39 is 0 Å². The fraction of sp³-hybridized carbons (Fsp3) is 0.438. The predicted molar refractivity (Wildman–Crippen MR) is 79.5 cm³/mol. The molecule has 1 atom stereocenters. The highest BCUT2D eigenvalue weighted by Crippen LogP contribution is 2.15. The van der Waals surface area contributed by atoms with E-state index >= 15 is 0 Å². The Morgan fingerprint density at radius 3 is 2.32 bits per heavy atom. The van der Waals surface area contributed by atoms with Gasteiger partial charge in [-0.15, -0.1) is 0 Å². The first kappa shape index (κ1) is 15.4. The summed E-state index contributed by atoms with van der Waals surface area (Å²) in [7, 11) is 0. The maximum Gasteiger partial charge on any atom is 0.247 e. The minimum absolute atomic E-state index is 0.000466. The van der Waals surface area contributed by atoms with Crippen LogP contribution >= 0.6 is 0 Å². The first-order valence-electron chi connectivity index (χ1n) is 6.89. The van der Waals surface area contributed by atoms with Crippen molar-refractivity contribution in [1.29, 1.82) is 0 Å². The molecule has 3 heteroatoms. The van der Waals surface area contributed by atoms with E-state index in [1.807, 2.05) is 51.1 Å². The fourth-order valence-corrected chi connectivity index (χ4v) is 2.23. The molecular weight excluding hydrogens is 236 g/mol. The van der Waals surface area contributed by atoms with Crippen molar-refractivity contribution in [3.8, 4) is 0 Å². The summed E-state index contributed by atoms with van der Waals surface area (Å²) in [5, 5.41) is 2.97. The van der Waals surface area contributed by atoms with Crippen LogP contribution in [0.3, 0.4) is 0 Å². The summed E-state index contributed by atoms with van der Waals surface area (Å²) in [5.74, 6) is 0.000466. The lowest BCUT2D eigenvalue weighted by Gasteiger charge is -2.16. The van der Waals surface area contributed by atoms with Crippen molar-refractivity contribution in [2.45, 2.75) is 46.2 Å². The van der Waals surface area contributed by atoms with Gasteiger partial charge >= 0.3 is 0 Å². The molecule has 0 aliphatic rings. The highest BCUT2D eigenvalue weighted by Gasteiger charge is 2.14. The number of hydrogen-bond donors (Lipinski definition) is 2. The maximum absolute atomic E-state index is 12.2. The van der Waals surface area contributed by atoms with Crippen molar-refractivity contribution in [3.05, 3.63) is 47.0 Å². The fourth-order valence-electron chi connectivity index (χ4n) is 2.23. The molecule has 0 heterocycles. The van der Waals surface area contributed by atoms with Crippen LogP contribution in [0.15, 0.2) is 41.5 Å². The van der Waals surface area contributed by atoms with E-state index in [9.17, 15) is 4.79 Å². The van der Waals surface area contributed by atoms with Gasteiger partial charge in [0.15, 0.2) is 0 Å². The number of rotatable bonds is 6. The van der Waals surface area contributed by atoms with E-state index in [-0.39, 0.29) is 11.9 Å². The zero-order chi connectivity index (χ0) is 14.3. The average molecular weight is 260 g/mol. The SMILES string of the molecule is CC/C(C(=O)NCc1ccccc1)=C(/CC)C(C)N. The molecule has 1 aromatic carbocycles. The van der Waals surface area contributed by atoms with Crippen LogP contribution in [0.25, 0.3) is 0 Å². The standard InChI is InChI=1S/C16H24N2O/c1-4-14(12(3)17)15(5-2)16(19)18-11-13-9-7-6-8-10-13/h6-10,12H,4-5,11,17H2,1-3H3,(H,18,19)/b15-14+. The van der Waals surface area contributed by atoms with Gasteiger partial charge in [-0.2, -0.15) is 0 Å². The van der Waals surface area contributed by atoms with Crippen molar-refractivity contribution in [1.82, 2.24) is 5.32 Å². The van der Waals surface area contributed by atoms with Crippen LogP contribution in [0.5, 0.6) is 0 Å². The first-order valence-corrected chi connectivity index (χ1v) is 6.89. The summed E-state index contributed by atoms with van der Waals surface area (Å²) < 4.78 is 0. The van der Waals surface area contributed by atoms with Gasteiger partial charge in [0, 0.05) is 18.2 Å². The lowest BCUT2D eigenvalue weighted by molar-refractivity contribution is -0.117. The Morgan fingerprint density at radius 1 is 1.21 bits per heavy atom. The lowest BCUT2D eigenvalue weighted by Crippen LogP contribution is -2.29. The Morgan fingerprint density at radius 2 is 1.84 bits per heavy atom. The second-order valence-corrected chi connectivity index (χ2v) is 4.67. The van der Waals surface area contributed by atoms with Crippen LogP contribution in [-0.4, -0.2) is 11.9 Å². The summed E-state index contributed by atoms with van der Waals surface area (Å²) in [6.45, 7) is 6.52. The molecule has 1 aromatic rings. The molecule has 0 aliphatic heterocycles. The van der Waals surface area contributed by atoms with Crippen molar-refractivity contribution >= 4 is 5.91 Å². The van der Waals surface area contributed by atoms with Gasteiger partial charge in [-0.25, -0.2) is 0 Å². The molecule has 3 nitrogen and oxygen atoms in total. The average Bonchev–Trinajstić information content (AvgIpc) is 2.42. The monoisotopic (exact) mass is 260 g/mol. The van der Waals surface area contributed by atoms with Crippen LogP contribution in [0.2, 0.25) is 0 Å². The van der Waals surface area contributed by atoms with Gasteiger partial charge in [-0.05, 0) is 30.9 Å². The number of benzene rings is 1. The van der Waals surface area contributed by atoms with Crippen molar-refractivity contribution < 1.29 is 4.79 Å². The summed E-state index contributed by atoms with van der Waals surface area (Å²) in [6.07, 6.45) is 1.53. The number of hydrogen-bond acceptors (Lipinski definition) is 2. The van der Waals surface area contributed by atoms with Crippen molar-refractivity contribution in [3.63, 3.8) is 0 Å². The number of amides is 1. The highest BCUT2D eigenvalue weighted by atomic mass is 16.1. The molecule has 0 saturated heterocycles. The largest absolute Gasteiger partial charge is 0.348 e. The van der Waals surface area contributed by atoms with E-state index in [0.29, 0.717) is 13.0 Å².